The van der Waals surface area contributed by atoms with Crippen LogP contribution in [0.25, 0.3) is 0 Å². The van der Waals surface area contributed by atoms with Gasteiger partial charge in [-0.25, -0.2) is 0 Å². The highest BCUT2D eigenvalue weighted by Gasteiger charge is 2.15. The molecule has 0 saturated heterocycles. The van der Waals surface area contributed by atoms with E-state index in [4.69, 9.17) is 4.42 Å². The van der Waals surface area contributed by atoms with Crippen LogP contribution in [0.3, 0.4) is 0 Å². The Kier molecular flexibility index (Phi) is 3.06. The van der Waals surface area contributed by atoms with Crippen LogP contribution in [-0.2, 0) is 0 Å². The van der Waals surface area contributed by atoms with E-state index in [0.29, 0.717) is 0 Å². The average Bonchev–Trinajstić information content (AvgIpc) is 2.66. The molecule has 2 heterocycles. The van der Waals surface area contributed by atoms with Crippen molar-refractivity contribution in [3.8, 4) is 0 Å². The monoisotopic (exact) mass is 216 g/mol. The Labute approximate surface area is 95.5 Å². The smallest absolute Gasteiger partial charge is 0.125 e. The van der Waals surface area contributed by atoms with Crippen molar-refractivity contribution >= 4 is 0 Å². The summed E-state index contributed by atoms with van der Waals surface area (Å²) in [7, 11) is 1.92. The van der Waals surface area contributed by atoms with E-state index >= 15 is 0 Å². The quantitative estimate of drug-likeness (QED) is 0.857. The minimum Gasteiger partial charge on any atom is -0.464 e. The third-order valence-electron chi connectivity index (χ3n) is 2.56. The minimum atomic E-state index is 0.0705. The van der Waals surface area contributed by atoms with E-state index in [-0.39, 0.29) is 6.04 Å². The van der Waals surface area contributed by atoms with E-state index in [0.717, 1.165) is 22.6 Å². The van der Waals surface area contributed by atoms with Crippen molar-refractivity contribution < 1.29 is 4.42 Å². The summed E-state index contributed by atoms with van der Waals surface area (Å²) < 4.78 is 5.64. The van der Waals surface area contributed by atoms with E-state index in [1.54, 1.807) is 0 Å². The molecule has 0 amide bonds. The molecule has 1 unspecified atom stereocenters. The minimum absolute atomic E-state index is 0.0705. The molecule has 0 spiro atoms. The van der Waals surface area contributed by atoms with Crippen LogP contribution in [0, 0.1) is 13.8 Å². The molecule has 2 rings (SSSR count). The molecule has 0 aliphatic carbocycles. The van der Waals surface area contributed by atoms with Gasteiger partial charge in [0.15, 0.2) is 0 Å². The van der Waals surface area contributed by atoms with Crippen LogP contribution in [0.15, 0.2) is 35.0 Å². The van der Waals surface area contributed by atoms with Crippen LogP contribution in [0.5, 0.6) is 0 Å². The molecule has 0 aliphatic rings. The number of furan rings is 1. The maximum absolute atomic E-state index is 5.64. The summed E-state index contributed by atoms with van der Waals surface area (Å²) in [4.78, 5) is 4.20. The fourth-order valence-electron chi connectivity index (χ4n) is 1.82. The van der Waals surface area contributed by atoms with E-state index in [1.807, 2.05) is 45.4 Å². The number of aryl methyl sites for hydroxylation is 2. The maximum atomic E-state index is 5.64. The van der Waals surface area contributed by atoms with Gasteiger partial charge >= 0.3 is 0 Å². The Hall–Kier alpha value is -1.61. The maximum Gasteiger partial charge on any atom is 0.125 e. The Morgan fingerprint density at radius 1 is 1.25 bits per heavy atom. The summed E-state index contributed by atoms with van der Waals surface area (Å²) in [6.45, 7) is 3.99. The Balaban J connectivity index is 2.36. The highest BCUT2D eigenvalue weighted by molar-refractivity contribution is 5.27. The number of rotatable bonds is 3. The molecule has 3 nitrogen and oxygen atoms in total. The van der Waals surface area contributed by atoms with E-state index in [2.05, 4.69) is 16.4 Å². The zero-order valence-corrected chi connectivity index (χ0v) is 9.82. The number of hydrogen-bond acceptors (Lipinski definition) is 3. The van der Waals surface area contributed by atoms with E-state index in [1.165, 1.54) is 0 Å². The highest BCUT2D eigenvalue weighted by atomic mass is 16.3. The second kappa shape index (κ2) is 4.49. The molecule has 1 atom stereocenters. The predicted octanol–water partition coefficient (Wildman–Crippen LogP) is 2.60. The summed E-state index contributed by atoms with van der Waals surface area (Å²) in [6.07, 6.45) is 3.72. The highest BCUT2D eigenvalue weighted by Crippen LogP contribution is 2.23. The van der Waals surface area contributed by atoms with Crippen LogP contribution in [0.4, 0.5) is 0 Å². The van der Waals surface area contributed by atoms with Crippen molar-refractivity contribution in [1.29, 1.82) is 0 Å². The molecule has 0 aliphatic heterocycles. The summed E-state index contributed by atoms with van der Waals surface area (Å²) in [5.41, 5.74) is 2.28. The van der Waals surface area contributed by atoms with Crippen LogP contribution in [0.1, 0.15) is 28.7 Å². The molecular formula is C13H16N2O. The number of nitrogens with zero attached hydrogens (tertiary/aromatic N) is 1. The van der Waals surface area contributed by atoms with Crippen molar-refractivity contribution in [2.24, 2.45) is 0 Å². The van der Waals surface area contributed by atoms with Gasteiger partial charge in [0, 0.05) is 12.4 Å². The largest absolute Gasteiger partial charge is 0.464 e. The van der Waals surface area contributed by atoms with Gasteiger partial charge in [-0.1, -0.05) is 6.07 Å². The second-order valence-corrected chi connectivity index (χ2v) is 3.97. The summed E-state index contributed by atoms with van der Waals surface area (Å²) >= 11 is 0. The van der Waals surface area contributed by atoms with Gasteiger partial charge in [-0.15, -0.1) is 0 Å². The third kappa shape index (κ3) is 2.14. The van der Waals surface area contributed by atoms with Gasteiger partial charge in [-0.2, -0.15) is 0 Å². The number of nitrogens with one attached hydrogen (secondary N) is 1. The van der Waals surface area contributed by atoms with Crippen molar-refractivity contribution in [2.75, 3.05) is 7.05 Å². The Morgan fingerprint density at radius 3 is 2.62 bits per heavy atom. The molecule has 0 saturated carbocycles. The standard InChI is InChI=1S/C13H16N2O/c1-9-6-11(8-15-7-9)13(14-3)12-5-4-10(2)16-12/h4-8,13-14H,1-3H3. The van der Waals surface area contributed by atoms with Crippen molar-refractivity contribution in [3.63, 3.8) is 0 Å². The van der Waals surface area contributed by atoms with Crippen LogP contribution in [-0.4, -0.2) is 12.0 Å². The normalized spacial score (nSPS) is 12.7. The molecule has 84 valence electrons. The van der Waals surface area contributed by atoms with Gasteiger partial charge in [0.2, 0.25) is 0 Å². The molecule has 2 aromatic heterocycles. The fourth-order valence-corrected chi connectivity index (χ4v) is 1.82. The second-order valence-electron chi connectivity index (χ2n) is 3.97. The third-order valence-corrected chi connectivity index (χ3v) is 2.56. The lowest BCUT2D eigenvalue weighted by molar-refractivity contribution is 0.443. The first-order chi connectivity index (χ1) is 7.70. The lowest BCUT2D eigenvalue weighted by atomic mass is 10.1. The van der Waals surface area contributed by atoms with Crippen LogP contribution in [0.2, 0.25) is 0 Å². The fraction of sp³-hybridized carbons (Fsp3) is 0.308. The molecule has 2 aromatic rings. The molecular weight excluding hydrogens is 200 g/mol. The zero-order valence-electron chi connectivity index (χ0n) is 9.82. The molecule has 1 N–H and O–H groups in total. The average molecular weight is 216 g/mol. The first-order valence-corrected chi connectivity index (χ1v) is 5.36. The van der Waals surface area contributed by atoms with Gasteiger partial charge in [0.25, 0.3) is 0 Å². The van der Waals surface area contributed by atoms with Gasteiger partial charge < -0.3 is 9.73 Å². The molecule has 0 bridgehead atoms. The van der Waals surface area contributed by atoms with Crippen molar-refractivity contribution in [2.45, 2.75) is 19.9 Å². The van der Waals surface area contributed by atoms with Crippen molar-refractivity contribution in [1.82, 2.24) is 10.3 Å². The van der Waals surface area contributed by atoms with Crippen LogP contribution >= 0.6 is 0 Å². The summed E-state index contributed by atoms with van der Waals surface area (Å²) in [6, 6.07) is 6.16. The molecule has 0 radical (unpaired) electrons. The zero-order chi connectivity index (χ0) is 11.5. The van der Waals surface area contributed by atoms with Gasteiger partial charge in [-0.3, -0.25) is 4.98 Å². The van der Waals surface area contributed by atoms with Gasteiger partial charge in [0.1, 0.15) is 11.5 Å². The first kappa shape index (κ1) is 10.9. The topological polar surface area (TPSA) is 38.1 Å². The molecule has 0 aromatic carbocycles. The first-order valence-electron chi connectivity index (χ1n) is 5.36. The number of aromatic nitrogens is 1. The van der Waals surface area contributed by atoms with Gasteiger partial charge in [0.05, 0.1) is 6.04 Å². The Bertz CT molecular complexity index is 476. The summed E-state index contributed by atoms with van der Waals surface area (Å²) in [5.74, 6) is 1.85. The van der Waals surface area contributed by atoms with Crippen molar-refractivity contribution in [3.05, 3.63) is 53.2 Å². The van der Waals surface area contributed by atoms with E-state index in [9.17, 15) is 0 Å². The van der Waals surface area contributed by atoms with Crippen LogP contribution < -0.4 is 5.32 Å². The number of hydrogen-bond donors (Lipinski definition) is 1. The number of pyridine rings is 1. The van der Waals surface area contributed by atoms with Gasteiger partial charge in [-0.05, 0) is 44.2 Å². The molecule has 0 fully saturated rings. The lowest BCUT2D eigenvalue weighted by Gasteiger charge is -2.14. The summed E-state index contributed by atoms with van der Waals surface area (Å²) in [5, 5.41) is 3.24. The van der Waals surface area contributed by atoms with E-state index < -0.39 is 0 Å². The predicted molar refractivity (Wildman–Crippen MR) is 63.3 cm³/mol. The molecule has 3 heteroatoms. The SMILES string of the molecule is CNC(c1cncc(C)c1)c1ccc(C)o1. The Morgan fingerprint density at radius 2 is 2.06 bits per heavy atom. The molecule has 16 heavy (non-hydrogen) atoms. The lowest BCUT2D eigenvalue weighted by Crippen LogP contribution is -2.17.